The lowest BCUT2D eigenvalue weighted by molar-refractivity contribution is 0.0919. The lowest BCUT2D eigenvalue weighted by Crippen LogP contribution is -2.25. The van der Waals surface area contributed by atoms with Gasteiger partial charge >= 0.3 is 0 Å². The van der Waals surface area contributed by atoms with Gasteiger partial charge in [-0.2, -0.15) is 0 Å². The van der Waals surface area contributed by atoms with E-state index in [-0.39, 0.29) is 11.7 Å². The van der Waals surface area contributed by atoms with Crippen LogP contribution in [0.4, 0.5) is 0 Å². The normalized spacial score (nSPS) is 11.1. The molecule has 6 heteroatoms. The van der Waals surface area contributed by atoms with Crippen molar-refractivity contribution in [2.24, 2.45) is 0 Å². The summed E-state index contributed by atoms with van der Waals surface area (Å²) in [7, 11) is 0. The fraction of sp³-hybridized carbons (Fsp3) is 0.500. The molecule has 0 saturated heterocycles. The minimum Gasteiger partial charge on any atom is -0.435 e. The number of nitrogens with one attached hydrogen (secondary N) is 1. The first-order chi connectivity index (χ1) is 9.52. The molecule has 0 saturated carbocycles. The van der Waals surface area contributed by atoms with E-state index >= 15 is 0 Å². The maximum Gasteiger partial charge on any atom is 0.289 e. The first-order valence-corrected chi connectivity index (χ1v) is 6.79. The first-order valence-electron chi connectivity index (χ1n) is 6.79. The SMILES string of the molecule is CCc1nc(C)c(C(=O)NCc2nccn2C(C)C)o1. The number of carbonyl (C=O) groups is 1. The van der Waals surface area contributed by atoms with E-state index in [4.69, 9.17) is 4.42 Å². The molecule has 2 aromatic rings. The van der Waals surface area contributed by atoms with Gasteiger partial charge in [0.05, 0.1) is 12.2 Å². The molecular weight excluding hydrogens is 256 g/mol. The number of hydrogen-bond donors (Lipinski definition) is 1. The van der Waals surface area contributed by atoms with Gasteiger partial charge in [0.2, 0.25) is 5.76 Å². The fourth-order valence-electron chi connectivity index (χ4n) is 2.00. The number of hydrogen-bond acceptors (Lipinski definition) is 4. The topological polar surface area (TPSA) is 73.0 Å². The number of rotatable bonds is 5. The molecule has 0 atom stereocenters. The molecule has 2 rings (SSSR count). The Labute approximate surface area is 118 Å². The summed E-state index contributed by atoms with van der Waals surface area (Å²) in [5.74, 6) is 1.43. The molecule has 2 aromatic heterocycles. The molecule has 0 aromatic carbocycles. The Morgan fingerprint density at radius 2 is 2.25 bits per heavy atom. The van der Waals surface area contributed by atoms with Crippen LogP contribution in [-0.2, 0) is 13.0 Å². The number of amides is 1. The lowest BCUT2D eigenvalue weighted by Gasteiger charge is -2.11. The molecule has 2 heterocycles. The van der Waals surface area contributed by atoms with Crippen molar-refractivity contribution in [3.8, 4) is 0 Å². The largest absolute Gasteiger partial charge is 0.435 e. The smallest absolute Gasteiger partial charge is 0.289 e. The summed E-state index contributed by atoms with van der Waals surface area (Å²) >= 11 is 0. The zero-order chi connectivity index (χ0) is 14.7. The molecule has 0 spiro atoms. The molecule has 1 amide bonds. The molecule has 0 aliphatic heterocycles. The average molecular weight is 276 g/mol. The maximum absolute atomic E-state index is 12.1. The molecule has 6 nitrogen and oxygen atoms in total. The molecule has 0 aliphatic rings. The maximum atomic E-state index is 12.1. The highest BCUT2D eigenvalue weighted by Crippen LogP contribution is 2.11. The van der Waals surface area contributed by atoms with Gasteiger partial charge in [0, 0.05) is 24.9 Å². The monoisotopic (exact) mass is 276 g/mol. The highest BCUT2D eigenvalue weighted by Gasteiger charge is 2.17. The summed E-state index contributed by atoms with van der Waals surface area (Å²) in [5, 5.41) is 2.82. The highest BCUT2D eigenvalue weighted by molar-refractivity contribution is 5.92. The zero-order valence-electron chi connectivity index (χ0n) is 12.3. The number of oxazole rings is 1. The van der Waals surface area contributed by atoms with Crippen molar-refractivity contribution in [1.29, 1.82) is 0 Å². The molecule has 1 N–H and O–H groups in total. The van der Waals surface area contributed by atoms with Gasteiger partial charge in [-0.25, -0.2) is 9.97 Å². The summed E-state index contributed by atoms with van der Waals surface area (Å²) in [6.07, 6.45) is 4.31. The molecule has 0 fully saturated rings. The molecular formula is C14H20N4O2. The summed E-state index contributed by atoms with van der Waals surface area (Å²) in [6, 6.07) is 0.308. The second kappa shape index (κ2) is 5.90. The number of carbonyl (C=O) groups excluding carboxylic acids is 1. The molecule has 0 unspecified atom stereocenters. The van der Waals surface area contributed by atoms with E-state index in [1.165, 1.54) is 0 Å². The van der Waals surface area contributed by atoms with Crippen LogP contribution in [0.15, 0.2) is 16.8 Å². The van der Waals surface area contributed by atoms with Crippen molar-refractivity contribution in [3.63, 3.8) is 0 Å². The van der Waals surface area contributed by atoms with E-state index in [0.29, 0.717) is 30.6 Å². The summed E-state index contributed by atoms with van der Waals surface area (Å²) in [6.45, 7) is 8.22. The predicted molar refractivity (Wildman–Crippen MR) is 74.4 cm³/mol. The van der Waals surface area contributed by atoms with Crippen molar-refractivity contribution in [3.05, 3.63) is 35.6 Å². The van der Waals surface area contributed by atoms with Crippen LogP contribution in [0.2, 0.25) is 0 Å². The highest BCUT2D eigenvalue weighted by atomic mass is 16.4. The standard InChI is InChI=1S/C14H20N4O2/c1-5-12-17-10(4)13(20-12)14(19)16-8-11-15-6-7-18(11)9(2)3/h6-7,9H,5,8H2,1-4H3,(H,16,19). The van der Waals surface area contributed by atoms with Crippen LogP contribution in [0.1, 0.15) is 54.8 Å². The fourth-order valence-corrected chi connectivity index (χ4v) is 2.00. The van der Waals surface area contributed by atoms with E-state index in [1.807, 2.05) is 17.7 Å². The Hall–Kier alpha value is -2.11. The second-order valence-corrected chi connectivity index (χ2v) is 4.90. The van der Waals surface area contributed by atoms with Crippen molar-refractivity contribution >= 4 is 5.91 Å². The van der Waals surface area contributed by atoms with Gasteiger partial charge in [-0.15, -0.1) is 0 Å². The van der Waals surface area contributed by atoms with Crippen LogP contribution in [0.3, 0.4) is 0 Å². The minimum absolute atomic E-state index is 0.256. The minimum atomic E-state index is -0.256. The lowest BCUT2D eigenvalue weighted by atomic mass is 10.3. The third-order valence-corrected chi connectivity index (χ3v) is 3.06. The summed E-state index contributed by atoms with van der Waals surface area (Å²) in [5.41, 5.74) is 0.617. The van der Waals surface area contributed by atoms with Crippen molar-refractivity contribution in [2.75, 3.05) is 0 Å². The second-order valence-electron chi connectivity index (χ2n) is 4.90. The Bertz CT molecular complexity index is 598. The van der Waals surface area contributed by atoms with Gasteiger partial charge in [0.15, 0.2) is 5.89 Å². The van der Waals surface area contributed by atoms with Crippen molar-refractivity contribution < 1.29 is 9.21 Å². The molecule has 108 valence electrons. The Balaban J connectivity index is 2.05. The van der Waals surface area contributed by atoms with Crippen LogP contribution in [0, 0.1) is 6.92 Å². The average Bonchev–Trinajstić information content (AvgIpc) is 3.02. The van der Waals surface area contributed by atoms with E-state index in [9.17, 15) is 4.79 Å². The Kier molecular flexibility index (Phi) is 4.22. The van der Waals surface area contributed by atoms with Gasteiger partial charge in [-0.3, -0.25) is 4.79 Å². The Morgan fingerprint density at radius 3 is 2.85 bits per heavy atom. The van der Waals surface area contributed by atoms with Crippen molar-refractivity contribution in [1.82, 2.24) is 19.9 Å². The predicted octanol–water partition coefficient (Wildman–Crippen LogP) is 2.25. The van der Waals surface area contributed by atoms with E-state index in [2.05, 4.69) is 29.1 Å². The Morgan fingerprint density at radius 1 is 1.50 bits per heavy atom. The zero-order valence-corrected chi connectivity index (χ0v) is 12.3. The summed E-state index contributed by atoms with van der Waals surface area (Å²) in [4.78, 5) is 20.5. The van der Waals surface area contributed by atoms with Gasteiger partial charge in [0.25, 0.3) is 5.91 Å². The summed E-state index contributed by atoms with van der Waals surface area (Å²) < 4.78 is 7.44. The number of nitrogens with zero attached hydrogens (tertiary/aromatic N) is 3. The van der Waals surface area contributed by atoms with Gasteiger partial charge in [0.1, 0.15) is 5.82 Å². The first kappa shape index (κ1) is 14.3. The van der Waals surface area contributed by atoms with E-state index in [0.717, 1.165) is 5.82 Å². The van der Waals surface area contributed by atoms with Crippen LogP contribution in [-0.4, -0.2) is 20.4 Å². The molecule has 0 aliphatic carbocycles. The third-order valence-electron chi connectivity index (χ3n) is 3.06. The molecule has 0 radical (unpaired) electrons. The van der Waals surface area contributed by atoms with Gasteiger partial charge in [-0.05, 0) is 20.8 Å². The number of aryl methyl sites for hydroxylation is 2. The molecule has 0 bridgehead atoms. The van der Waals surface area contributed by atoms with Gasteiger partial charge in [-0.1, -0.05) is 6.92 Å². The van der Waals surface area contributed by atoms with Crippen LogP contribution in [0.5, 0.6) is 0 Å². The molecule has 20 heavy (non-hydrogen) atoms. The van der Waals surface area contributed by atoms with Gasteiger partial charge < -0.3 is 14.3 Å². The van der Waals surface area contributed by atoms with Crippen LogP contribution in [0.25, 0.3) is 0 Å². The quantitative estimate of drug-likeness (QED) is 0.909. The van der Waals surface area contributed by atoms with E-state index < -0.39 is 0 Å². The van der Waals surface area contributed by atoms with Crippen LogP contribution < -0.4 is 5.32 Å². The third kappa shape index (κ3) is 2.89. The van der Waals surface area contributed by atoms with Crippen molar-refractivity contribution in [2.45, 2.75) is 46.7 Å². The van der Waals surface area contributed by atoms with Crippen LogP contribution >= 0.6 is 0 Å². The number of imidazole rings is 1. The number of aromatic nitrogens is 3. The van der Waals surface area contributed by atoms with E-state index in [1.54, 1.807) is 13.1 Å².